The predicted molar refractivity (Wildman–Crippen MR) is 79.8 cm³/mol. The van der Waals surface area contributed by atoms with E-state index >= 15 is 0 Å². The SMILES string of the molecule is CNC(=O)C(F)(F)F.Cn1ncc(N)c1N1CCCC(O)CC1. The minimum absolute atomic E-state index is 0.163. The highest BCUT2D eigenvalue weighted by atomic mass is 19.4. The first-order valence-electron chi connectivity index (χ1n) is 7.16. The number of aromatic nitrogens is 2. The molecule has 0 aliphatic carbocycles. The standard InChI is InChI=1S/C10H18N4O.C3H4F3NO/c1-13-10(9(11)7-12-13)14-5-2-3-8(15)4-6-14;1-7-2(8)3(4,5)6/h7-8,15H,2-6,11H2,1H3;1H3,(H,7,8). The normalized spacial score (nSPS) is 18.7. The molecule has 4 N–H and O–H groups in total. The van der Waals surface area contributed by atoms with Gasteiger partial charge in [0.25, 0.3) is 0 Å². The summed E-state index contributed by atoms with van der Waals surface area (Å²) in [5, 5.41) is 15.1. The van der Waals surface area contributed by atoms with Crippen LogP contribution in [0.25, 0.3) is 0 Å². The number of anilines is 2. The summed E-state index contributed by atoms with van der Waals surface area (Å²) in [5.41, 5.74) is 6.59. The van der Waals surface area contributed by atoms with E-state index in [1.54, 1.807) is 10.9 Å². The zero-order chi connectivity index (χ0) is 17.6. The average Bonchev–Trinajstić information content (AvgIpc) is 2.68. The van der Waals surface area contributed by atoms with E-state index in [4.69, 9.17) is 5.73 Å². The summed E-state index contributed by atoms with van der Waals surface area (Å²) in [6.45, 7) is 1.80. The molecule has 0 radical (unpaired) electrons. The van der Waals surface area contributed by atoms with E-state index in [1.807, 2.05) is 7.05 Å². The van der Waals surface area contributed by atoms with Crippen molar-refractivity contribution in [2.75, 3.05) is 30.8 Å². The van der Waals surface area contributed by atoms with Gasteiger partial charge < -0.3 is 21.1 Å². The molecule has 132 valence electrons. The van der Waals surface area contributed by atoms with E-state index in [2.05, 4.69) is 10.00 Å². The van der Waals surface area contributed by atoms with E-state index in [1.165, 1.54) is 5.32 Å². The number of nitrogens with two attached hydrogens (primary N) is 1. The molecular weight excluding hydrogens is 315 g/mol. The van der Waals surface area contributed by atoms with Crippen LogP contribution in [0.2, 0.25) is 0 Å². The zero-order valence-corrected chi connectivity index (χ0v) is 13.1. The maximum atomic E-state index is 11.0. The Kier molecular flexibility index (Phi) is 6.67. The Hall–Kier alpha value is -1.97. The van der Waals surface area contributed by atoms with Crippen molar-refractivity contribution in [1.29, 1.82) is 0 Å². The minimum atomic E-state index is -4.74. The number of nitrogen functional groups attached to an aromatic ring is 1. The van der Waals surface area contributed by atoms with Crippen molar-refractivity contribution in [3.8, 4) is 0 Å². The molecule has 7 nitrogen and oxygen atoms in total. The Bertz CT molecular complexity index is 499. The van der Waals surface area contributed by atoms with Crippen LogP contribution in [0, 0.1) is 0 Å². The van der Waals surface area contributed by atoms with Crippen LogP contribution in [0.15, 0.2) is 6.20 Å². The highest BCUT2D eigenvalue weighted by molar-refractivity contribution is 5.81. The lowest BCUT2D eigenvalue weighted by Gasteiger charge is -2.22. The number of aliphatic hydroxyl groups is 1. The lowest BCUT2D eigenvalue weighted by Crippen LogP contribution is -2.33. The van der Waals surface area contributed by atoms with Crippen molar-refractivity contribution in [3.05, 3.63) is 6.20 Å². The zero-order valence-electron chi connectivity index (χ0n) is 13.1. The van der Waals surface area contributed by atoms with Crippen molar-refractivity contribution >= 4 is 17.4 Å². The molecule has 1 fully saturated rings. The molecule has 1 aliphatic heterocycles. The summed E-state index contributed by atoms with van der Waals surface area (Å²) >= 11 is 0. The summed E-state index contributed by atoms with van der Waals surface area (Å²) in [7, 11) is 2.82. The first-order valence-corrected chi connectivity index (χ1v) is 7.16. The van der Waals surface area contributed by atoms with Gasteiger partial charge in [0.15, 0.2) is 0 Å². The van der Waals surface area contributed by atoms with Crippen molar-refractivity contribution in [2.24, 2.45) is 7.05 Å². The lowest BCUT2D eigenvalue weighted by atomic mass is 10.2. The van der Waals surface area contributed by atoms with E-state index < -0.39 is 12.1 Å². The molecule has 2 rings (SSSR count). The van der Waals surface area contributed by atoms with Gasteiger partial charge in [0.2, 0.25) is 0 Å². The number of aryl methyl sites for hydroxylation is 1. The topological polar surface area (TPSA) is 96.4 Å². The minimum Gasteiger partial charge on any atom is -0.394 e. The molecule has 0 aromatic carbocycles. The number of alkyl halides is 3. The van der Waals surface area contributed by atoms with Gasteiger partial charge in [-0.3, -0.25) is 9.48 Å². The molecule has 23 heavy (non-hydrogen) atoms. The quantitative estimate of drug-likeness (QED) is 0.699. The summed E-state index contributed by atoms with van der Waals surface area (Å²) in [6.07, 6.45) is -0.528. The predicted octanol–water partition coefficient (Wildman–Crippen LogP) is 0.648. The monoisotopic (exact) mass is 337 g/mol. The second-order valence-electron chi connectivity index (χ2n) is 5.20. The lowest BCUT2D eigenvalue weighted by molar-refractivity contribution is -0.172. The second-order valence-corrected chi connectivity index (χ2v) is 5.20. The number of nitrogens with zero attached hydrogens (tertiary/aromatic N) is 3. The molecule has 0 saturated carbocycles. The van der Waals surface area contributed by atoms with E-state index in [-0.39, 0.29) is 6.10 Å². The molecule has 1 amide bonds. The molecule has 0 spiro atoms. The molecule has 1 aromatic heterocycles. The van der Waals surface area contributed by atoms with Gasteiger partial charge in [-0.25, -0.2) is 0 Å². The maximum absolute atomic E-state index is 11.0. The highest BCUT2D eigenvalue weighted by Gasteiger charge is 2.37. The van der Waals surface area contributed by atoms with Crippen molar-refractivity contribution in [1.82, 2.24) is 15.1 Å². The number of halogens is 3. The Morgan fingerprint density at radius 2 is 2.09 bits per heavy atom. The largest absolute Gasteiger partial charge is 0.471 e. The van der Waals surface area contributed by atoms with Crippen molar-refractivity contribution in [2.45, 2.75) is 31.5 Å². The van der Waals surface area contributed by atoms with Crippen LogP contribution < -0.4 is 16.0 Å². The molecule has 10 heteroatoms. The third kappa shape index (κ3) is 5.62. The van der Waals surface area contributed by atoms with Gasteiger partial charge >= 0.3 is 12.1 Å². The summed E-state index contributed by atoms with van der Waals surface area (Å²) in [6, 6.07) is 0. The van der Waals surface area contributed by atoms with Gasteiger partial charge in [-0.2, -0.15) is 18.3 Å². The van der Waals surface area contributed by atoms with E-state index in [9.17, 15) is 23.1 Å². The number of aliphatic hydroxyl groups excluding tert-OH is 1. The Labute approximate surface area is 132 Å². The third-order valence-corrected chi connectivity index (χ3v) is 3.42. The van der Waals surface area contributed by atoms with Crippen LogP contribution in [0.4, 0.5) is 24.7 Å². The van der Waals surface area contributed by atoms with Crippen LogP contribution in [0.5, 0.6) is 0 Å². The number of carbonyl (C=O) groups is 1. The molecule has 2 heterocycles. The van der Waals surface area contributed by atoms with Crippen LogP contribution in [0.3, 0.4) is 0 Å². The fourth-order valence-electron chi connectivity index (χ4n) is 2.27. The molecule has 1 aromatic rings. The number of hydrogen-bond donors (Lipinski definition) is 3. The number of rotatable bonds is 1. The Morgan fingerprint density at radius 3 is 2.52 bits per heavy atom. The van der Waals surface area contributed by atoms with E-state index in [0.29, 0.717) is 5.69 Å². The molecule has 1 atom stereocenters. The first-order chi connectivity index (χ1) is 10.7. The van der Waals surface area contributed by atoms with Crippen LogP contribution in [-0.2, 0) is 11.8 Å². The van der Waals surface area contributed by atoms with Gasteiger partial charge in [0.1, 0.15) is 5.82 Å². The number of hydrogen-bond acceptors (Lipinski definition) is 5. The van der Waals surface area contributed by atoms with Gasteiger partial charge in [-0.1, -0.05) is 0 Å². The van der Waals surface area contributed by atoms with Crippen LogP contribution >= 0.6 is 0 Å². The van der Waals surface area contributed by atoms with E-state index in [0.717, 1.165) is 45.2 Å². The van der Waals surface area contributed by atoms with Gasteiger partial charge in [0.05, 0.1) is 18.0 Å². The third-order valence-electron chi connectivity index (χ3n) is 3.42. The van der Waals surface area contributed by atoms with Gasteiger partial charge in [-0.15, -0.1) is 0 Å². The van der Waals surface area contributed by atoms with Crippen molar-refractivity contribution in [3.63, 3.8) is 0 Å². The smallest absolute Gasteiger partial charge is 0.394 e. The maximum Gasteiger partial charge on any atom is 0.471 e. The molecule has 1 aliphatic rings. The number of amides is 1. The molecule has 1 saturated heterocycles. The number of nitrogens with one attached hydrogen (secondary N) is 1. The molecule has 0 bridgehead atoms. The van der Waals surface area contributed by atoms with Crippen molar-refractivity contribution < 1.29 is 23.1 Å². The van der Waals surface area contributed by atoms with Gasteiger partial charge in [-0.05, 0) is 19.3 Å². The number of carbonyl (C=O) groups excluding carboxylic acids is 1. The second kappa shape index (κ2) is 8.04. The first kappa shape index (κ1) is 19.1. The van der Waals surface area contributed by atoms with Crippen LogP contribution in [0.1, 0.15) is 19.3 Å². The van der Waals surface area contributed by atoms with Crippen LogP contribution in [-0.4, -0.2) is 53.2 Å². The molecule has 1 unspecified atom stereocenters. The fraction of sp³-hybridized carbons (Fsp3) is 0.692. The highest BCUT2D eigenvalue weighted by Crippen LogP contribution is 2.24. The summed E-state index contributed by atoms with van der Waals surface area (Å²) in [4.78, 5) is 11.8. The Morgan fingerprint density at radius 1 is 1.43 bits per heavy atom. The summed E-state index contributed by atoms with van der Waals surface area (Å²) in [5.74, 6) is -0.943. The Balaban J connectivity index is 0.000000284. The molecular formula is C13H22F3N5O2. The van der Waals surface area contributed by atoms with Gasteiger partial charge in [0, 0.05) is 27.2 Å². The fourth-order valence-corrected chi connectivity index (χ4v) is 2.27. The average molecular weight is 337 g/mol. The summed E-state index contributed by atoms with van der Waals surface area (Å²) < 4.78 is 34.9.